The fourth-order valence-electron chi connectivity index (χ4n) is 3.74. The molecule has 7 heteroatoms. The first-order valence-electron chi connectivity index (χ1n) is 9.96. The second-order valence-electron chi connectivity index (χ2n) is 7.63. The minimum absolute atomic E-state index is 0.0393. The third-order valence-corrected chi connectivity index (χ3v) is 5.66. The highest BCUT2D eigenvalue weighted by atomic mass is 16.3. The molecule has 1 aromatic heterocycles. The van der Waals surface area contributed by atoms with E-state index in [1.165, 1.54) is 0 Å². The summed E-state index contributed by atoms with van der Waals surface area (Å²) in [6.45, 7) is 2.48. The monoisotopic (exact) mass is 382 g/mol. The molecule has 1 fully saturated rings. The molecule has 28 heavy (non-hydrogen) atoms. The highest BCUT2D eigenvalue weighted by Gasteiger charge is 2.30. The third kappa shape index (κ3) is 3.94. The van der Waals surface area contributed by atoms with Crippen molar-refractivity contribution >= 4 is 11.8 Å². The van der Waals surface area contributed by atoms with Crippen LogP contribution >= 0.6 is 0 Å². The zero-order chi connectivity index (χ0) is 19.5. The lowest BCUT2D eigenvalue weighted by atomic mass is 9.84. The van der Waals surface area contributed by atoms with Crippen LogP contribution in [0.1, 0.15) is 53.0 Å². The van der Waals surface area contributed by atoms with E-state index in [1.807, 2.05) is 15.6 Å². The molecule has 0 bridgehead atoms. The zero-order valence-electron chi connectivity index (χ0n) is 15.9. The Hall–Kier alpha value is -2.67. The van der Waals surface area contributed by atoms with E-state index in [-0.39, 0.29) is 24.3 Å². The molecule has 0 saturated heterocycles. The number of rotatable bonds is 5. The van der Waals surface area contributed by atoms with Crippen molar-refractivity contribution in [3.05, 3.63) is 52.8 Å². The van der Waals surface area contributed by atoms with Crippen molar-refractivity contribution in [1.82, 2.24) is 20.0 Å². The highest BCUT2D eigenvalue weighted by Crippen LogP contribution is 2.29. The molecular weight excluding hydrogens is 356 g/mol. The predicted molar refractivity (Wildman–Crippen MR) is 103 cm³/mol. The van der Waals surface area contributed by atoms with E-state index in [4.69, 9.17) is 5.11 Å². The Kier molecular flexibility index (Phi) is 5.43. The van der Waals surface area contributed by atoms with Crippen molar-refractivity contribution in [2.45, 2.75) is 51.9 Å². The van der Waals surface area contributed by atoms with Gasteiger partial charge in [-0.2, -0.15) is 5.10 Å². The topological polar surface area (TPSA) is 87.5 Å². The van der Waals surface area contributed by atoms with Crippen LogP contribution in [0.15, 0.2) is 30.3 Å². The second-order valence-corrected chi connectivity index (χ2v) is 7.63. The van der Waals surface area contributed by atoms with Crippen LogP contribution in [0.5, 0.6) is 0 Å². The van der Waals surface area contributed by atoms with Crippen LogP contribution in [-0.4, -0.2) is 38.1 Å². The van der Waals surface area contributed by atoms with Crippen LogP contribution in [0, 0.1) is 5.92 Å². The van der Waals surface area contributed by atoms with Gasteiger partial charge >= 0.3 is 0 Å². The SMILES string of the molecule is O=C(NCc1cc2n(n1)CCCN(C(=O)C1CCC1)C2)c1ccc(CO)cc1. The van der Waals surface area contributed by atoms with Crippen molar-refractivity contribution in [3.8, 4) is 0 Å². The standard InChI is InChI=1S/C21H26N4O3/c26-14-15-5-7-16(8-6-15)20(27)22-12-18-11-19-13-24(9-2-10-25(19)23-18)21(28)17-3-1-4-17/h5-8,11,17,26H,1-4,9-10,12-14H2,(H,22,27). The Morgan fingerprint density at radius 2 is 1.93 bits per heavy atom. The number of nitrogens with one attached hydrogen (secondary N) is 1. The van der Waals surface area contributed by atoms with E-state index in [2.05, 4.69) is 10.4 Å². The number of carbonyl (C=O) groups is 2. The summed E-state index contributed by atoms with van der Waals surface area (Å²) in [7, 11) is 0. The molecule has 148 valence electrons. The average molecular weight is 382 g/mol. The summed E-state index contributed by atoms with van der Waals surface area (Å²) in [5.41, 5.74) is 3.15. The number of hydrogen-bond donors (Lipinski definition) is 2. The van der Waals surface area contributed by atoms with Gasteiger partial charge in [-0.3, -0.25) is 14.3 Å². The van der Waals surface area contributed by atoms with Crippen LogP contribution in [0.2, 0.25) is 0 Å². The maximum absolute atomic E-state index is 12.6. The number of carbonyl (C=O) groups excluding carboxylic acids is 2. The van der Waals surface area contributed by atoms with Crippen LogP contribution in [0.3, 0.4) is 0 Å². The molecule has 2 N–H and O–H groups in total. The molecule has 1 aliphatic heterocycles. The molecule has 7 nitrogen and oxygen atoms in total. The minimum Gasteiger partial charge on any atom is -0.392 e. The molecule has 0 radical (unpaired) electrons. The Morgan fingerprint density at radius 1 is 1.14 bits per heavy atom. The number of fused-ring (bicyclic) bond motifs is 1. The first-order chi connectivity index (χ1) is 13.6. The van der Waals surface area contributed by atoms with Gasteiger partial charge in [-0.05, 0) is 43.0 Å². The summed E-state index contributed by atoms with van der Waals surface area (Å²) in [6, 6.07) is 8.87. The number of nitrogens with zero attached hydrogens (tertiary/aromatic N) is 3. The van der Waals surface area contributed by atoms with E-state index >= 15 is 0 Å². The normalized spacial score (nSPS) is 16.8. The van der Waals surface area contributed by atoms with E-state index in [0.717, 1.165) is 55.7 Å². The summed E-state index contributed by atoms with van der Waals surface area (Å²) in [4.78, 5) is 26.9. The molecule has 0 atom stereocenters. The van der Waals surface area contributed by atoms with Gasteiger partial charge in [0, 0.05) is 24.6 Å². The molecule has 2 aromatic rings. The van der Waals surface area contributed by atoms with Gasteiger partial charge in [0.1, 0.15) is 0 Å². The first-order valence-corrected chi connectivity index (χ1v) is 9.96. The van der Waals surface area contributed by atoms with Crippen molar-refractivity contribution in [3.63, 3.8) is 0 Å². The summed E-state index contributed by atoms with van der Waals surface area (Å²) >= 11 is 0. The Labute approximate surface area is 164 Å². The van der Waals surface area contributed by atoms with Gasteiger partial charge in [0.2, 0.25) is 5.91 Å². The number of amides is 2. The summed E-state index contributed by atoms with van der Waals surface area (Å²) in [5.74, 6) is 0.321. The molecule has 2 amide bonds. The number of hydrogen-bond acceptors (Lipinski definition) is 4. The summed E-state index contributed by atoms with van der Waals surface area (Å²) < 4.78 is 1.96. The summed E-state index contributed by atoms with van der Waals surface area (Å²) in [6.07, 6.45) is 4.10. The number of aliphatic hydroxyl groups is 1. The van der Waals surface area contributed by atoms with Crippen LogP contribution in [0.4, 0.5) is 0 Å². The van der Waals surface area contributed by atoms with E-state index in [1.54, 1.807) is 24.3 Å². The van der Waals surface area contributed by atoms with E-state index < -0.39 is 0 Å². The number of aromatic nitrogens is 2. The molecule has 2 aliphatic rings. The van der Waals surface area contributed by atoms with Crippen molar-refractivity contribution in [2.75, 3.05) is 6.54 Å². The molecule has 0 unspecified atom stereocenters. The molecule has 4 rings (SSSR count). The molecular formula is C21H26N4O3. The van der Waals surface area contributed by atoms with Crippen LogP contribution in [0.25, 0.3) is 0 Å². The van der Waals surface area contributed by atoms with E-state index in [0.29, 0.717) is 18.7 Å². The maximum atomic E-state index is 12.6. The van der Waals surface area contributed by atoms with Gasteiger partial charge in [-0.15, -0.1) is 0 Å². The largest absolute Gasteiger partial charge is 0.392 e. The Balaban J connectivity index is 1.37. The quantitative estimate of drug-likeness (QED) is 0.826. The van der Waals surface area contributed by atoms with Gasteiger partial charge in [-0.1, -0.05) is 18.6 Å². The van der Waals surface area contributed by atoms with Crippen molar-refractivity contribution in [1.29, 1.82) is 0 Å². The van der Waals surface area contributed by atoms with Crippen molar-refractivity contribution in [2.24, 2.45) is 5.92 Å². The second kappa shape index (κ2) is 8.14. The molecule has 1 saturated carbocycles. The highest BCUT2D eigenvalue weighted by molar-refractivity contribution is 5.94. The predicted octanol–water partition coefficient (Wildman–Crippen LogP) is 1.84. The number of aliphatic hydroxyl groups excluding tert-OH is 1. The van der Waals surface area contributed by atoms with Crippen LogP contribution in [-0.2, 0) is 31.0 Å². The lowest BCUT2D eigenvalue weighted by Crippen LogP contribution is -2.38. The maximum Gasteiger partial charge on any atom is 0.251 e. The average Bonchev–Trinajstić information content (AvgIpc) is 2.94. The third-order valence-electron chi connectivity index (χ3n) is 5.66. The smallest absolute Gasteiger partial charge is 0.251 e. The molecule has 1 aromatic carbocycles. The van der Waals surface area contributed by atoms with Crippen LogP contribution < -0.4 is 5.32 Å². The number of benzene rings is 1. The van der Waals surface area contributed by atoms with E-state index in [9.17, 15) is 9.59 Å². The molecule has 1 aliphatic carbocycles. The van der Waals surface area contributed by atoms with Gasteiger partial charge in [-0.25, -0.2) is 0 Å². The Bertz CT molecular complexity index is 855. The summed E-state index contributed by atoms with van der Waals surface area (Å²) in [5, 5.41) is 16.6. The van der Waals surface area contributed by atoms with Gasteiger partial charge in [0.15, 0.2) is 0 Å². The van der Waals surface area contributed by atoms with Gasteiger partial charge in [0.05, 0.1) is 31.1 Å². The first kappa shape index (κ1) is 18.7. The fraction of sp³-hybridized carbons (Fsp3) is 0.476. The lowest BCUT2D eigenvalue weighted by molar-refractivity contribution is -0.138. The van der Waals surface area contributed by atoms with Crippen molar-refractivity contribution < 1.29 is 14.7 Å². The molecule has 2 heterocycles. The fourth-order valence-corrected chi connectivity index (χ4v) is 3.74. The minimum atomic E-state index is -0.172. The Morgan fingerprint density at radius 3 is 2.61 bits per heavy atom. The van der Waals surface area contributed by atoms with Gasteiger partial charge in [0.25, 0.3) is 5.91 Å². The molecule has 0 spiro atoms. The number of aryl methyl sites for hydroxylation is 1. The van der Waals surface area contributed by atoms with Gasteiger partial charge < -0.3 is 15.3 Å². The zero-order valence-corrected chi connectivity index (χ0v) is 15.9. The lowest BCUT2D eigenvalue weighted by Gasteiger charge is -2.30.